The van der Waals surface area contributed by atoms with Crippen molar-refractivity contribution in [3.8, 4) is 0 Å². The summed E-state index contributed by atoms with van der Waals surface area (Å²) < 4.78 is 5.23. The van der Waals surface area contributed by atoms with Crippen molar-refractivity contribution in [2.75, 3.05) is 13.7 Å². The maximum atomic E-state index is 12.3. The van der Waals surface area contributed by atoms with E-state index in [-0.39, 0.29) is 12.3 Å². The zero-order valence-corrected chi connectivity index (χ0v) is 11.7. The van der Waals surface area contributed by atoms with Gasteiger partial charge in [-0.25, -0.2) is 4.79 Å². The summed E-state index contributed by atoms with van der Waals surface area (Å²) in [5.41, 5.74) is -1.63. The number of nitrogens with zero attached hydrogens (tertiary/aromatic N) is 1. The molecule has 1 atom stereocenters. The predicted molar refractivity (Wildman–Crippen MR) is 67.3 cm³/mol. The van der Waals surface area contributed by atoms with E-state index in [1.165, 1.54) is 4.90 Å². The average Bonchev–Trinajstić information content (AvgIpc) is 2.28. The van der Waals surface area contributed by atoms with Crippen molar-refractivity contribution in [2.45, 2.75) is 57.6 Å². The summed E-state index contributed by atoms with van der Waals surface area (Å²) in [7, 11) is 1.56. The van der Waals surface area contributed by atoms with Gasteiger partial charge < -0.3 is 14.7 Å². The molecule has 0 aromatic heterocycles. The quantitative estimate of drug-likeness (QED) is 0.831. The molecule has 0 aliphatic carbocycles. The van der Waals surface area contributed by atoms with Crippen molar-refractivity contribution in [2.24, 2.45) is 0 Å². The van der Waals surface area contributed by atoms with Gasteiger partial charge in [0.25, 0.3) is 0 Å². The average molecular weight is 257 g/mol. The number of hydrogen-bond donors (Lipinski definition) is 1. The number of hydrogen-bond acceptors (Lipinski definition) is 3. The SMILES string of the molecule is COC(C)(C)CC(=O)N1CCCCC1(C)C(=O)O. The number of likely N-dealkylation sites (tertiary alicyclic amines) is 1. The van der Waals surface area contributed by atoms with Gasteiger partial charge in [-0.05, 0) is 40.0 Å². The lowest BCUT2D eigenvalue weighted by atomic mass is 9.87. The highest BCUT2D eigenvalue weighted by molar-refractivity contribution is 5.87. The van der Waals surface area contributed by atoms with Gasteiger partial charge in [0.15, 0.2) is 0 Å². The van der Waals surface area contributed by atoms with Crippen molar-refractivity contribution >= 4 is 11.9 Å². The van der Waals surface area contributed by atoms with Gasteiger partial charge in [-0.15, -0.1) is 0 Å². The van der Waals surface area contributed by atoms with Crippen LogP contribution in [0.1, 0.15) is 46.5 Å². The number of carbonyl (C=O) groups excluding carboxylic acids is 1. The van der Waals surface area contributed by atoms with Crippen LogP contribution in [0.3, 0.4) is 0 Å². The van der Waals surface area contributed by atoms with Crippen LogP contribution < -0.4 is 0 Å². The van der Waals surface area contributed by atoms with E-state index in [1.807, 2.05) is 13.8 Å². The van der Waals surface area contributed by atoms with E-state index >= 15 is 0 Å². The number of carboxylic acids is 1. The monoisotopic (exact) mass is 257 g/mol. The Morgan fingerprint density at radius 1 is 1.39 bits per heavy atom. The van der Waals surface area contributed by atoms with Gasteiger partial charge in [0.1, 0.15) is 5.54 Å². The molecule has 1 unspecified atom stereocenters. The summed E-state index contributed by atoms with van der Waals surface area (Å²) in [5.74, 6) is -1.07. The minimum absolute atomic E-state index is 0.147. The van der Waals surface area contributed by atoms with Crippen LogP contribution in [0.5, 0.6) is 0 Å². The van der Waals surface area contributed by atoms with Crippen molar-refractivity contribution in [1.29, 1.82) is 0 Å². The number of piperidine rings is 1. The van der Waals surface area contributed by atoms with E-state index < -0.39 is 17.1 Å². The number of rotatable bonds is 4. The van der Waals surface area contributed by atoms with Gasteiger partial charge in [-0.1, -0.05) is 0 Å². The molecule has 1 heterocycles. The van der Waals surface area contributed by atoms with Crippen LogP contribution in [0, 0.1) is 0 Å². The lowest BCUT2D eigenvalue weighted by molar-refractivity contribution is -0.163. The second-order valence-electron chi connectivity index (χ2n) is 5.72. The molecular formula is C13H23NO4. The first-order chi connectivity index (χ1) is 8.23. The Morgan fingerprint density at radius 3 is 2.50 bits per heavy atom. The summed E-state index contributed by atoms with van der Waals surface area (Å²) >= 11 is 0. The van der Waals surface area contributed by atoms with Gasteiger partial charge in [0, 0.05) is 13.7 Å². The van der Waals surface area contributed by atoms with Crippen LogP contribution in [0.2, 0.25) is 0 Å². The summed E-state index contributed by atoms with van der Waals surface area (Å²) in [5, 5.41) is 9.35. The van der Waals surface area contributed by atoms with Gasteiger partial charge in [-0.2, -0.15) is 0 Å². The molecule has 0 saturated carbocycles. The Morgan fingerprint density at radius 2 is 2.00 bits per heavy atom. The lowest BCUT2D eigenvalue weighted by Crippen LogP contribution is -2.58. The smallest absolute Gasteiger partial charge is 0.329 e. The number of amides is 1. The van der Waals surface area contributed by atoms with Crippen molar-refractivity contribution < 1.29 is 19.4 Å². The Balaban J connectivity index is 2.85. The molecule has 1 N–H and O–H groups in total. The fourth-order valence-electron chi connectivity index (χ4n) is 2.27. The number of aliphatic carboxylic acids is 1. The highest BCUT2D eigenvalue weighted by Crippen LogP contribution is 2.30. The highest BCUT2D eigenvalue weighted by atomic mass is 16.5. The van der Waals surface area contributed by atoms with Gasteiger partial charge in [0.05, 0.1) is 12.0 Å². The normalized spacial score (nSPS) is 25.0. The molecule has 1 amide bonds. The third kappa shape index (κ3) is 3.02. The molecule has 0 bridgehead atoms. The fourth-order valence-corrected chi connectivity index (χ4v) is 2.27. The number of carboxylic acid groups (broad SMARTS) is 1. The first-order valence-electron chi connectivity index (χ1n) is 6.32. The van der Waals surface area contributed by atoms with Crippen molar-refractivity contribution in [3.05, 3.63) is 0 Å². The molecule has 1 saturated heterocycles. The molecule has 18 heavy (non-hydrogen) atoms. The minimum Gasteiger partial charge on any atom is -0.480 e. The maximum Gasteiger partial charge on any atom is 0.329 e. The molecule has 0 spiro atoms. The fraction of sp³-hybridized carbons (Fsp3) is 0.846. The molecule has 1 aliphatic rings. The standard InChI is InChI=1S/C13H23NO4/c1-12(2,18-4)9-10(15)14-8-6-5-7-13(14,3)11(16)17/h5-9H2,1-4H3,(H,16,17). The summed E-state index contributed by atoms with van der Waals surface area (Å²) in [4.78, 5) is 25.2. The van der Waals surface area contributed by atoms with Crippen LogP contribution >= 0.6 is 0 Å². The van der Waals surface area contributed by atoms with Crippen LogP contribution in [0.25, 0.3) is 0 Å². The number of carbonyl (C=O) groups is 2. The van der Waals surface area contributed by atoms with Crippen molar-refractivity contribution in [1.82, 2.24) is 4.90 Å². The van der Waals surface area contributed by atoms with E-state index in [9.17, 15) is 14.7 Å². The Hall–Kier alpha value is -1.10. The third-order valence-electron chi connectivity index (χ3n) is 3.78. The largest absolute Gasteiger partial charge is 0.480 e. The highest BCUT2D eigenvalue weighted by Gasteiger charge is 2.44. The summed E-state index contributed by atoms with van der Waals surface area (Å²) in [6, 6.07) is 0. The van der Waals surface area contributed by atoms with Crippen molar-refractivity contribution in [3.63, 3.8) is 0 Å². The van der Waals surface area contributed by atoms with E-state index in [4.69, 9.17) is 4.74 Å². The second kappa shape index (κ2) is 5.26. The van der Waals surface area contributed by atoms with Crippen LogP contribution in [0.15, 0.2) is 0 Å². The minimum atomic E-state index is -1.07. The molecule has 1 rings (SSSR count). The number of ether oxygens (including phenoxy) is 1. The van der Waals surface area contributed by atoms with Gasteiger partial charge >= 0.3 is 5.97 Å². The Labute approximate surface area is 108 Å². The second-order valence-corrected chi connectivity index (χ2v) is 5.72. The molecule has 104 valence electrons. The topological polar surface area (TPSA) is 66.8 Å². The summed E-state index contributed by atoms with van der Waals surface area (Å²) in [6.07, 6.45) is 2.43. The van der Waals surface area contributed by atoms with Crippen LogP contribution in [0.4, 0.5) is 0 Å². The Bertz CT molecular complexity index is 340. The molecule has 1 fully saturated rings. The number of methoxy groups -OCH3 is 1. The van der Waals surface area contributed by atoms with Crippen LogP contribution in [-0.2, 0) is 14.3 Å². The lowest BCUT2D eigenvalue weighted by Gasteiger charge is -2.42. The molecule has 5 nitrogen and oxygen atoms in total. The van der Waals surface area contributed by atoms with Gasteiger partial charge in [-0.3, -0.25) is 4.79 Å². The maximum absolute atomic E-state index is 12.3. The molecule has 5 heteroatoms. The molecule has 0 aromatic rings. The molecule has 0 radical (unpaired) electrons. The predicted octanol–water partition coefficient (Wildman–Crippen LogP) is 1.66. The first-order valence-corrected chi connectivity index (χ1v) is 6.32. The zero-order valence-electron chi connectivity index (χ0n) is 11.7. The van der Waals surface area contributed by atoms with E-state index in [2.05, 4.69) is 0 Å². The van der Waals surface area contributed by atoms with Crippen LogP contribution in [-0.4, -0.2) is 46.7 Å². The van der Waals surface area contributed by atoms with Gasteiger partial charge in [0.2, 0.25) is 5.91 Å². The van der Waals surface area contributed by atoms with E-state index in [1.54, 1.807) is 14.0 Å². The van der Waals surface area contributed by atoms with E-state index in [0.717, 1.165) is 12.8 Å². The molecule has 0 aromatic carbocycles. The molecular weight excluding hydrogens is 234 g/mol. The Kier molecular flexibility index (Phi) is 4.37. The molecule has 1 aliphatic heterocycles. The third-order valence-corrected chi connectivity index (χ3v) is 3.78. The zero-order chi connectivity index (χ0) is 14.0. The first kappa shape index (κ1) is 15.0. The summed E-state index contributed by atoms with van der Waals surface area (Å²) in [6.45, 7) is 5.80. The van der Waals surface area contributed by atoms with E-state index in [0.29, 0.717) is 13.0 Å².